The van der Waals surface area contributed by atoms with Gasteiger partial charge in [0.1, 0.15) is 0 Å². The van der Waals surface area contributed by atoms with E-state index in [1.165, 1.54) is 36.0 Å². The van der Waals surface area contributed by atoms with Gasteiger partial charge in [0, 0.05) is 12.6 Å². The highest BCUT2D eigenvalue weighted by Crippen LogP contribution is 2.11. The van der Waals surface area contributed by atoms with Gasteiger partial charge in [0.25, 0.3) is 0 Å². The Bertz CT molecular complexity index is 355. The van der Waals surface area contributed by atoms with Crippen LogP contribution in [0.3, 0.4) is 0 Å². The zero-order valence-electron chi connectivity index (χ0n) is 12.7. The molecule has 1 aromatic carbocycles. The molecule has 0 bridgehead atoms. The van der Waals surface area contributed by atoms with Crippen LogP contribution in [0, 0.1) is 19.8 Å². The summed E-state index contributed by atoms with van der Waals surface area (Å²) in [6.45, 7) is 12.2. The summed E-state index contributed by atoms with van der Waals surface area (Å²) in [6, 6.07) is 7.36. The summed E-state index contributed by atoms with van der Waals surface area (Å²) in [4.78, 5) is 0. The summed E-state index contributed by atoms with van der Waals surface area (Å²) in [5.74, 6) is 0.831. The highest BCUT2D eigenvalue weighted by molar-refractivity contribution is 5.29. The first-order valence-electron chi connectivity index (χ1n) is 7.28. The summed E-state index contributed by atoms with van der Waals surface area (Å²) in [5, 5.41) is 3.62. The molecule has 18 heavy (non-hydrogen) atoms. The number of benzene rings is 1. The van der Waals surface area contributed by atoms with Gasteiger partial charge in [-0.1, -0.05) is 44.9 Å². The lowest BCUT2D eigenvalue weighted by molar-refractivity contribution is 0.457. The molecular weight excluding hydrogens is 218 g/mol. The van der Waals surface area contributed by atoms with E-state index in [0.29, 0.717) is 6.04 Å². The van der Waals surface area contributed by atoms with E-state index in [1.54, 1.807) is 0 Å². The number of hydrogen-bond donors (Lipinski definition) is 1. The Hall–Kier alpha value is -0.820. The van der Waals surface area contributed by atoms with Crippen LogP contribution >= 0.6 is 0 Å². The predicted octanol–water partition coefficient (Wildman–Crippen LogP) is 4.61. The Morgan fingerprint density at radius 1 is 1.00 bits per heavy atom. The van der Waals surface area contributed by atoms with Crippen LogP contribution in [0.2, 0.25) is 0 Å². The SMILES string of the molecule is Cc1ccc(CNC(C)CCCC(C)C)cc1C. The Kier molecular flexibility index (Phi) is 6.42. The van der Waals surface area contributed by atoms with Gasteiger partial charge in [-0.2, -0.15) is 0 Å². The molecule has 0 aliphatic heterocycles. The summed E-state index contributed by atoms with van der Waals surface area (Å²) in [5.41, 5.74) is 4.17. The Morgan fingerprint density at radius 2 is 1.72 bits per heavy atom. The van der Waals surface area contributed by atoms with Crippen molar-refractivity contribution in [2.75, 3.05) is 0 Å². The van der Waals surface area contributed by atoms with Gasteiger partial charge in [0.05, 0.1) is 0 Å². The quantitative estimate of drug-likeness (QED) is 0.742. The molecule has 0 aliphatic rings. The molecule has 0 amide bonds. The second-order valence-corrected chi connectivity index (χ2v) is 6.03. The molecule has 0 fully saturated rings. The van der Waals surface area contributed by atoms with E-state index in [1.807, 2.05) is 0 Å². The minimum Gasteiger partial charge on any atom is -0.310 e. The average Bonchev–Trinajstić information content (AvgIpc) is 2.30. The second-order valence-electron chi connectivity index (χ2n) is 6.03. The van der Waals surface area contributed by atoms with Crippen LogP contribution in [0.25, 0.3) is 0 Å². The van der Waals surface area contributed by atoms with Crippen molar-refractivity contribution in [3.05, 3.63) is 34.9 Å². The first-order chi connectivity index (χ1) is 8.49. The van der Waals surface area contributed by atoms with Gasteiger partial charge < -0.3 is 5.32 Å². The molecule has 1 N–H and O–H groups in total. The normalized spacial score (nSPS) is 13.0. The molecule has 0 heterocycles. The molecule has 1 atom stereocenters. The third kappa shape index (κ3) is 5.68. The van der Waals surface area contributed by atoms with Gasteiger partial charge in [-0.3, -0.25) is 0 Å². The Balaban J connectivity index is 2.29. The molecule has 1 nitrogen and oxygen atoms in total. The van der Waals surface area contributed by atoms with Crippen molar-refractivity contribution >= 4 is 0 Å². The van der Waals surface area contributed by atoms with Crippen LogP contribution in [-0.4, -0.2) is 6.04 Å². The Morgan fingerprint density at radius 3 is 2.33 bits per heavy atom. The molecule has 0 spiro atoms. The van der Waals surface area contributed by atoms with Gasteiger partial charge in [-0.15, -0.1) is 0 Å². The van der Waals surface area contributed by atoms with E-state index >= 15 is 0 Å². The fourth-order valence-corrected chi connectivity index (χ4v) is 2.14. The van der Waals surface area contributed by atoms with Crippen molar-refractivity contribution in [2.45, 2.75) is 66.5 Å². The van der Waals surface area contributed by atoms with Gasteiger partial charge in [0.15, 0.2) is 0 Å². The third-order valence-corrected chi connectivity index (χ3v) is 3.64. The molecule has 0 saturated carbocycles. The van der Waals surface area contributed by atoms with Crippen molar-refractivity contribution in [3.63, 3.8) is 0 Å². The largest absolute Gasteiger partial charge is 0.310 e. The summed E-state index contributed by atoms with van der Waals surface area (Å²) < 4.78 is 0. The van der Waals surface area contributed by atoms with Crippen molar-refractivity contribution in [2.24, 2.45) is 5.92 Å². The van der Waals surface area contributed by atoms with Crippen molar-refractivity contribution in [1.82, 2.24) is 5.32 Å². The highest BCUT2D eigenvalue weighted by atomic mass is 14.9. The van der Waals surface area contributed by atoms with Crippen LogP contribution < -0.4 is 5.32 Å². The molecule has 1 rings (SSSR count). The molecule has 1 heteroatoms. The van der Waals surface area contributed by atoms with E-state index < -0.39 is 0 Å². The van der Waals surface area contributed by atoms with Crippen LogP contribution in [0.15, 0.2) is 18.2 Å². The van der Waals surface area contributed by atoms with Crippen molar-refractivity contribution in [3.8, 4) is 0 Å². The molecule has 1 unspecified atom stereocenters. The molecule has 0 aliphatic carbocycles. The van der Waals surface area contributed by atoms with Crippen LogP contribution in [0.4, 0.5) is 0 Å². The van der Waals surface area contributed by atoms with Crippen molar-refractivity contribution in [1.29, 1.82) is 0 Å². The summed E-state index contributed by atoms with van der Waals surface area (Å²) in [6.07, 6.45) is 3.96. The highest BCUT2D eigenvalue weighted by Gasteiger charge is 2.03. The lowest BCUT2D eigenvalue weighted by atomic mass is 10.0. The topological polar surface area (TPSA) is 12.0 Å². The van der Waals surface area contributed by atoms with Crippen LogP contribution in [-0.2, 0) is 6.54 Å². The number of nitrogens with one attached hydrogen (secondary N) is 1. The lowest BCUT2D eigenvalue weighted by Crippen LogP contribution is -2.25. The van der Waals surface area contributed by atoms with Gasteiger partial charge in [-0.25, -0.2) is 0 Å². The summed E-state index contributed by atoms with van der Waals surface area (Å²) >= 11 is 0. The van der Waals surface area contributed by atoms with E-state index in [0.717, 1.165) is 12.5 Å². The number of rotatable bonds is 7. The molecular formula is C17H29N. The minimum atomic E-state index is 0.616. The monoisotopic (exact) mass is 247 g/mol. The fraction of sp³-hybridized carbons (Fsp3) is 0.647. The maximum Gasteiger partial charge on any atom is 0.0208 e. The molecule has 0 saturated heterocycles. The average molecular weight is 247 g/mol. The van der Waals surface area contributed by atoms with E-state index in [-0.39, 0.29) is 0 Å². The second kappa shape index (κ2) is 7.58. The Labute approximate surface area is 113 Å². The van der Waals surface area contributed by atoms with Gasteiger partial charge in [0.2, 0.25) is 0 Å². The maximum absolute atomic E-state index is 3.62. The zero-order valence-corrected chi connectivity index (χ0v) is 12.7. The smallest absolute Gasteiger partial charge is 0.0208 e. The molecule has 0 aromatic heterocycles. The van der Waals surface area contributed by atoms with Crippen molar-refractivity contribution < 1.29 is 0 Å². The first-order valence-corrected chi connectivity index (χ1v) is 7.28. The predicted molar refractivity (Wildman–Crippen MR) is 80.9 cm³/mol. The van der Waals surface area contributed by atoms with Crippen LogP contribution in [0.5, 0.6) is 0 Å². The first kappa shape index (κ1) is 15.2. The fourth-order valence-electron chi connectivity index (χ4n) is 2.14. The minimum absolute atomic E-state index is 0.616. The van der Waals surface area contributed by atoms with Crippen LogP contribution in [0.1, 0.15) is 56.7 Å². The lowest BCUT2D eigenvalue weighted by Gasteiger charge is -2.15. The molecule has 1 aromatic rings. The van der Waals surface area contributed by atoms with E-state index in [4.69, 9.17) is 0 Å². The van der Waals surface area contributed by atoms with Gasteiger partial charge >= 0.3 is 0 Å². The standard InChI is InChI=1S/C17H29N/c1-13(2)7-6-8-16(5)18-12-17-10-9-14(3)15(4)11-17/h9-11,13,16,18H,6-8,12H2,1-5H3. The third-order valence-electron chi connectivity index (χ3n) is 3.64. The molecule has 0 radical (unpaired) electrons. The molecule has 102 valence electrons. The maximum atomic E-state index is 3.62. The number of aryl methyl sites for hydroxylation is 2. The van der Waals surface area contributed by atoms with E-state index in [9.17, 15) is 0 Å². The summed E-state index contributed by atoms with van der Waals surface area (Å²) in [7, 11) is 0. The van der Waals surface area contributed by atoms with E-state index in [2.05, 4.69) is 58.1 Å². The van der Waals surface area contributed by atoms with Gasteiger partial charge in [-0.05, 0) is 49.8 Å². The zero-order chi connectivity index (χ0) is 13.5. The number of hydrogen-bond acceptors (Lipinski definition) is 1.